The number of phosphoric ester groups is 2. The van der Waals surface area contributed by atoms with E-state index < -0.39 is 97.5 Å². The molecule has 0 radical (unpaired) electrons. The molecule has 0 spiro atoms. The van der Waals surface area contributed by atoms with Gasteiger partial charge in [-0.3, -0.25) is 37.3 Å². The third-order valence-corrected chi connectivity index (χ3v) is 18.8. The van der Waals surface area contributed by atoms with Crippen LogP contribution in [0.25, 0.3) is 0 Å². The first-order valence-electron chi connectivity index (χ1n) is 37.8. The van der Waals surface area contributed by atoms with E-state index in [-0.39, 0.29) is 25.7 Å². The Morgan fingerprint density at radius 2 is 0.440 bits per heavy atom. The summed E-state index contributed by atoms with van der Waals surface area (Å²) < 4.78 is 68.2. The van der Waals surface area contributed by atoms with Gasteiger partial charge in [0.05, 0.1) is 26.4 Å². The molecule has 0 bridgehead atoms. The lowest BCUT2D eigenvalue weighted by atomic mass is 10.0. The Kier molecular flexibility index (Phi) is 65.2. The highest BCUT2D eigenvalue weighted by atomic mass is 31.2. The molecule has 0 saturated heterocycles. The lowest BCUT2D eigenvalue weighted by Crippen LogP contribution is -2.30. The van der Waals surface area contributed by atoms with Crippen LogP contribution in [0.1, 0.15) is 381 Å². The normalized spacial score (nSPS) is 14.0. The molecular weight excluding hydrogens is 1200 g/mol. The Morgan fingerprint density at radius 1 is 0.264 bits per heavy atom. The molecule has 0 aromatic heterocycles. The zero-order valence-corrected chi connectivity index (χ0v) is 60.6. The Hall–Kier alpha value is -1.94. The number of esters is 4. The maximum atomic E-state index is 13.0. The van der Waals surface area contributed by atoms with E-state index in [4.69, 9.17) is 37.0 Å². The lowest BCUT2D eigenvalue weighted by molar-refractivity contribution is -0.161. The fourth-order valence-electron chi connectivity index (χ4n) is 11.0. The minimum Gasteiger partial charge on any atom is -0.462 e. The van der Waals surface area contributed by atoms with Crippen molar-refractivity contribution in [2.24, 2.45) is 0 Å². The number of aliphatic hydroxyl groups is 1. The van der Waals surface area contributed by atoms with Crippen LogP contribution in [0.15, 0.2) is 0 Å². The Labute approximate surface area is 556 Å². The zero-order valence-electron chi connectivity index (χ0n) is 58.8. The molecule has 0 aromatic rings. The Bertz CT molecular complexity index is 1740. The molecule has 0 fully saturated rings. The highest BCUT2D eigenvalue weighted by molar-refractivity contribution is 7.47. The fourth-order valence-corrected chi connectivity index (χ4v) is 12.6. The third-order valence-electron chi connectivity index (χ3n) is 16.9. The van der Waals surface area contributed by atoms with Crippen LogP contribution in [0.4, 0.5) is 0 Å². The van der Waals surface area contributed by atoms with Crippen molar-refractivity contribution in [1.82, 2.24) is 0 Å². The average Bonchev–Trinajstić information content (AvgIpc) is 3.56. The SMILES string of the molecule is CCCCCCCCCCCCCCCCCCCC(=O)O[C@H](COC(=O)CCCCCCCCCCCCCCCCCC)COP(=O)(O)OC[C@@H](O)COP(=O)(O)OC[C@@H](COC(=O)CCCCCCC)OC(=O)CCCCCCCCCCCCCCC. The molecule has 0 heterocycles. The topological polar surface area (TPSA) is 237 Å². The van der Waals surface area contributed by atoms with E-state index in [1.54, 1.807) is 0 Å². The van der Waals surface area contributed by atoms with Crippen LogP contribution in [0.2, 0.25) is 0 Å². The van der Waals surface area contributed by atoms with Crippen molar-refractivity contribution in [3.05, 3.63) is 0 Å². The largest absolute Gasteiger partial charge is 0.472 e. The standard InChI is InChI=1S/C72H140O17P2/c1-5-9-13-17-20-23-26-29-31-33-35-38-41-44-47-51-55-59-72(77)89-68(63-83-70(75)57-53-49-45-42-39-37-34-32-30-27-24-21-18-14-10-6-2)65-87-91(80,81)85-61-66(73)60-84-90(78,79)86-64-67(62-82-69(74)56-52-48-16-12-8-4)88-71(76)58-54-50-46-43-40-36-28-25-22-19-15-11-7-3/h66-68,73H,5-65H2,1-4H3,(H,78,79)(H,80,81)/t66-,67+,68+/m0/s1. The summed E-state index contributed by atoms with van der Waals surface area (Å²) in [6.07, 6.45) is 55.8. The minimum absolute atomic E-state index is 0.107. The van der Waals surface area contributed by atoms with Gasteiger partial charge in [0.2, 0.25) is 0 Å². The first-order valence-corrected chi connectivity index (χ1v) is 40.8. The summed E-state index contributed by atoms with van der Waals surface area (Å²) in [6, 6.07) is 0. The van der Waals surface area contributed by atoms with Crippen molar-refractivity contribution in [3.63, 3.8) is 0 Å². The van der Waals surface area contributed by atoms with Crippen LogP contribution in [0, 0.1) is 0 Å². The van der Waals surface area contributed by atoms with Crippen molar-refractivity contribution in [2.45, 2.75) is 399 Å². The van der Waals surface area contributed by atoms with E-state index in [9.17, 15) is 43.2 Å². The summed E-state index contributed by atoms with van der Waals surface area (Å²) in [5.74, 6) is -2.13. The van der Waals surface area contributed by atoms with Gasteiger partial charge in [-0.05, 0) is 25.7 Å². The monoisotopic (exact) mass is 1340 g/mol. The van der Waals surface area contributed by atoms with Crippen molar-refractivity contribution < 1.29 is 80.2 Å². The first kappa shape index (κ1) is 89.1. The molecular formula is C72H140O17P2. The molecule has 0 aliphatic rings. The molecule has 5 atom stereocenters. The second kappa shape index (κ2) is 66.7. The van der Waals surface area contributed by atoms with E-state index in [0.717, 1.165) is 96.3 Å². The van der Waals surface area contributed by atoms with Gasteiger partial charge in [-0.15, -0.1) is 0 Å². The quantitative estimate of drug-likeness (QED) is 0.0222. The second-order valence-corrected chi connectivity index (χ2v) is 28.9. The third kappa shape index (κ3) is 66.5. The number of rotatable bonds is 73. The van der Waals surface area contributed by atoms with E-state index in [1.807, 2.05) is 0 Å². The number of carbonyl (C=O) groups excluding carboxylic acids is 4. The number of hydrogen-bond acceptors (Lipinski definition) is 15. The van der Waals surface area contributed by atoms with E-state index >= 15 is 0 Å². The molecule has 0 aliphatic carbocycles. The second-order valence-electron chi connectivity index (χ2n) is 26.0. The molecule has 17 nitrogen and oxygen atoms in total. The summed E-state index contributed by atoms with van der Waals surface area (Å²) in [6.45, 7) is 4.88. The van der Waals surface area contributed by atoms with Gasteiger partial charge in [0.1, 0.15) is 19.3 Å². The van der Waals surface area contributed by atoms with Crippen LogP contribution in [-0.2, 0) is 65.4 Å². The fraction of sp³-hybridized carbons (Fsp3) is 0.944. The van der Waals surface area contributed by atoms with E-state index in [1.165, 1.54) is 205 Å². The van der Waals surface area contributed by atoms with Gasteiger partial charge in [0.15, 0.2) is 12.2 Å². The number of aliphatic hydroxyl groups excluding tert-OH is 1. The van der Waals surface area contributed by atoms with Gasteiger partial charge >= 0.3 is 39.5 Å². The highest BCUT2D eigenvalue weighted by Crippen LogP contribution is 2.45. The molecule has 0 saturated carbocycles. The molecule has 0 aliphatic heterocycles. The van der Waals surface area contributed by atoms with Gasteiger partial charge in [0, 0.05) is 25.7 Å². The van der Waals surface area contributed by atoms with Crippen LogP contribution >= 0.6 is 15.6 Å². The van der Waals surface area contributed by atoms with Crippen LogP contribution in [-0.4, -0.2) is 96.7 Å². The van der Waals surface area contributed by atoms with Crippen LogP contribution in [0.5, 0.6) is 0 Å². The molecule has 19 heteroatoms. The summed E-state index contributed by atoms with van der Waals surface area (Å²) >= 11 is 0. The molecule has 0 rings (SSSR count). The molecule has 0 aromatic carbocycles. The van der Waals surface area contributed by atoms with E-state index in [2.05, 4.69) is 27.7 Å². The first-order chi connectivity index (χ1) is 44.2. The highest BCUT2D eigenvalue weighted by Gasteiger charge is 2.30. The summed E-state index contributed by atoms with van der Waals surface area (Å²) in [5.41, 5.74) is 0. The number of phosphoric acid groups is 2. The van der Waals surface area contributed by atoms with Gasteiger partial charge in [-0.25, -0.2) is 9.13 Å². The number of hydrogen-bond donors (Lipinski definition) is 3. The van der Waals surface area contributed by atoms with Gasteiger partial charge < -0.3 is 33.8 Å². The zero-order chi connectivity index (χ0) is 66.8. The Morgan fingerprint density at radius 3 is 0.648 bits per heavy atom. The Balaban J connectivity index is 5.15. The summed E-state index contributed by atoms with van der Waals surface area (Å²) in [4.78, 5) is 72.4. The number of carbonyl (C=O) groups is 4. The molecule has 2 unspecified atom stereocenters. The van der Waals surface area contributed by atoms with Crippen LogP contribution < -0.4 is 0 Å². The molecule has 0 amide bonds. The smallest absolute Gasteiger partial charge is 0.462 e. The number of ether oxygens (including phenoxy) is 4. The van der Waals surface area contributed by atoms with Crippen molar-refractivity contribution >= 4 is 39.5 Å². The molecule has 91 heavy (non-hydrogen) atoms. The maximum absolute atomic E-state index is 13.0. The van der Waals surface area contributed by atoms with E-state index in [0.29, 0.717) is 25.7 Å². The summed E-state index contributed by atoms with van der Waals surface area (Å²) in [5, 5.41) is 10.6. The van der Waals surface area contributed by atoms with Crippen LogP contribution in [0.3, 0.4) is 0 Å². The van der Waals surface area contributed by atoms with Gasteiger partial charge in [-0.2, -0.15) is 0 Å². The minimum atomic E-state index is -4.95. The predicted molar refractivity (Wildman–Crippen MR) is 368 cm³/mol. The number of unbranched alkanes of at least 4 members (excludes halogenated alkanes) is 47. The van der Waals surface area contributed by atoms with Crippen molar-refractivity contribution in [1.29, 1.82) is 0 Å². The molecule has 3 N–H and O–H groups in total. The van der Waals surface area contributed by atoms with Crippen molar-refractivity contribution in [3.8, 4) is 0 Å². The summed E-state index contributed by atoms with van der Waals surface area (Å²) in [7, 11) is -9.89. The van der Waals surface area contributed by atoms with Gasteiger partial charge in [-0.1, -0.05) is 329 Å². The molecule has 540 valence electrons. The average molecular weight is 1340 g/mol. The lowest BCUT2D eigenvalue weighted by Gasteiger charge is -2.21. The predicted octanol–water partition coefficient (Wildman–Crippen LogP) is 21.1. The maximum Gasteiger partial charge on any atom is 0.472 e. The van der Waals surface area contributed by atoms with Gasteiger partial charge in [0.25, 0.3) is 0 Å². The van der Waals surface area contributed by atoms with Crippen molar-refractivity contribution in [2.75, 3.05) is 39.6 Å².